The standard InChI is InChI=1S/C17H27N3O3/c21-12-4-8-14-7-3-11-20(14)16(22)10-9-15-18-17(19-23-15)13-5-1-2-6-13/h13-14,21H,1-12H2. The molecular formula is C17H27N3O3. The van der Waals surface area contributed by atoms with Crippen LogP contribution in [0.5, 0.6) is 0 Å². The largest absolute Gasteiger partial charge is 0.396 e. The lowest BCUT2D eigenvalue weighted by Gasteiger charge is -2.24. The lowest BCUT2D eigenvalue weighted by Crippen LogP contribution is -2.35. The quantitative estimate of drug-likeness (QED) is 0.834. The number of carbonyl (C=O) groups is 1. The van der Waals surface area contributed by atoms with Gasteiger partial charge in [-0.15, -0.1) is 0 Å². The summed E-state index contributed by atoms with van der Waals surface area (Å²) in [4.78, 5) is 18.9. The third kappa shape index (κ3) is 4.10. The van der Waals surface area contributed by atoms with E-state index in [1.807, 2.05) is 4.90 Å². The molecule has 3 rings (SSSR count). The molecule has 2 aliphatic rings. The van der Waals surface area contributed by atoms with Crippen LogP contribution in [0.3, 0.4) is 0 Å². The van der Waals surface area contributed by atoms with Crippen LogP contribution < -0.4 is 0 Å². The van der Waals surface area contributed by atoms with Crippen LogP contribution in [-0.4, -0.2) is 45.2 Å². The minimum absolute atomic E-state index is 0.172. The maximum Gasteiger partial charge on any atom is 0.227 e. The van der Waals surface area contributed by atoms with Gasteiger partial charge in [-0.25, -0.2) is 0 Å². The second-order valence-corrected chi connectivity index (χ2v) is 6.78. The van der Waals surface area contributed by atoms with Crippen molar-refractivity contribution in [3.8, 4) is 0 Å². The van der Waals surface area contributed by atoms with Crippen LogP contribution in [0.25, 0.3) is 0 Å². The number of hydrogen-bond donors (Lipinski definition) is 1. The number of aromatic nitrogens is 2. The molecule has 128 valence electrons. The zero-order chi connectivity index (χ0) is 16.1. The third-order valence-corrected chi connectivity index (χ3v) is 5.15. The summed E-state index contributed by atoms with van der Waals surface area (Å²) in [7, 11) is 0. The molecule has 23 heavy (non-hydrogen) atoms. The molecule has 1 saturated heterocycles. The van der Waals surface area contributed by atoms with Crippen LogP contribution in [0.2, 0.25) is 0 Å². The van der Waals surface area contributed by atoms with E-state index in [2.05, 4.69) is 10.1 Å². The van der Waals surface area contributed by atoms with Crippen molar-refractivity contribution in [1.29, 1.82) is 0 Å². The Hall–Kier alpha value is -1.43. The Labute approximate surface area is 137 Å². The first-order valence-electron chi connectivity index (χ1n) is 9.00. The van der Waals surface area contributed by atoms with Crippen molar-refractivity contribution < 1.29 is 14.4 Å². The summed E-state index contributed by atoms with van der Waals surface area (Å²) in [6, 6.07) is 0.298. The fourth-order valence-corrected chi connectivity index (χ4v) is 3.87. The molecule has 1 saturated carbocycles. The Morgan fingerprint density at radius 2 is 2.09 bits per heavy atom. The van der Waals surface area contributed by atoms with Gasteiger partial charge in [-0.2, -0.15) is 4.98 Å². The van der Waals surface area contributed by atoms with Gasteiger partial charge in [-0.3, -0.25) is 4.79 Å². The van der Waals surface area contributed by atoms with E-state index in [9.17, 15) is 4.79 Å². The summed E-state index contributed by atoms with van der Waals surface area (Å²) in [5, 5.41) is 13.1. The molecule has 1 amide bonds. The number of likely N-dealkylation sites (tertiary alicyclic amines) is 1. The zero-order valence-electron chi connectivity index (χ0n) is 13.7. The molecule has 0 bridgehead atoms. The van der Waals surface area contributed by atoms with Crippen LogP contribution in [0.1, 0.15) is 75.4 Å². The molecule has 2 heterocycles. The topological polar surface area (TPSA) is 79.5 Å². The van der Waals surface area contributed by atoms with Crippen molar-refractivity contribution in [3.63, 3.8) is 0 Å². The highest BCUT2D eigenvalue weighted by Crippen LogP contribution is 2.32. The van der Waals surface area contributed by atoms with E-state index in [1.165, 1.54) is 12.8 Å². The van der Waals surface area contributed by atoms with Crippen LogP contribution in [0.15, 0.2) is 4.52 Å². The molecule has 1 aromatic heterocycles. The lowest BCUT2D eigenvalue weighted by molar-refractivity contribution is -0.132. The molecule has 1 unspecified atom stereocenters. The third-order valence-electron chi connectivity index (χ3n) is 5.15. The van der Waals surface area contributed by atoms with E-state index in [-0.39, 0.29) is 12.5 Å². The fraction of sp³-hybridized carbons (Fsp3) is 0.824. The van der Waals surface area contributed by atoms with Crippen molar-refractivity contribution in [2.24, 2.45) is 0 Å². The van der Waals surface area contributed by atoms with Gasteiger partial charge in [-0.05, 0) is 38.5 Å². The Kier molecular flexibility index (Phi) is 5.65. The number of nitrogens with zero attached hydrogens (tertiary/aromatic N) is 3. The summed E-state index contributed by atoms with van der Waals surface area (Å²) in [6.45, 7) is 1.04. The smallest absolute Gasteiger partial charge is 0.227 e. The Balaban J connectivity index is 1.48. The summed E-state index contributed by atoms with van der Waals surface area (Å²) in [6.07, 6.45) is 9.54. The van der Waals surface area contributed by atoms with Gasteiger partial charge in [-0.1, -0.05) is 18.0 Å². The number of rotatable bonds is 7. The van der Waals surface area contributed by atoms with E-state index >= 15 is 0 Å². The summed E-state index contributed by atoms with van der Waals surface area (Å²) in [5.74, 6) is 2.04. The van der Waals surface area contributed by atoms with Crippen molar-refractivity contribution in [1.82, 2.24) is 15.0 Å². The molecule has 6 heteroatoms. The van der Waals surface area contributed by atoms with Gasteiger partial charge in [0.05, 0.1) is 0 Å². The van der Waals surface area contributed by atoms with E-state index in [0.29, 0.717) is 30.7 Å². The monoisotopic (exact) mass is 321 g/mol. The minimum atomic E-state index is 0.172. The molecule has 1 N–H and O–H groups in total. The van der Waals surface area contributed by atoms with Crippen molar-refractivity contribution in [3.05, 3.63) is 11.7 Å². The van der Waals surface area contributed by atoms with Gasteiger partial charge in [0.1, 0.15) is 0 Å². The van der Waals surface area contributed by atoms with Crippen LogP contribution in [0, 0.1) is 0 Å². The number of aliphatic hydroxyl groups excluding tert-OH is 1. The van der Waals surface area contributed by atoms with Crippen LogP contribution >= 0.6 is 0 Å². The van der Waals surface area contributed by atoms with Crippen molar-refractivity contribution >= 4 is 5.91 Å². The number of amides is 1. The molecule has 0 spiro atoms. The summed E-state index contributed by atoms with van der Waals surface area (Å²) >= 11 is 0. The van der Waals surface area contributed by atoms with E-state index in [0.717, 1.165) is 50.9 Å². The summed E-state index contributed by atoms with van der Waals surface area (Å²) < 4.78 is 5.32. The zero-order valence-corrected chi connectivity index (χ0v) is 13.7. The highest BCUT2D eigenvalue weighted by Gasteiger charge is 2.28. The number of aryl methyl sites for hydroxylation is 1. The van der Waals surface area contributed by atoms with Gasteiger partial charge in [0.15, 0.2) is 5.82 Å². The van der Waals surface area contributed by atoms with Gasteiger partial charge in [0, 0.05) is 38.0 Å². The van der Waals surface area contributed by atoms with Crippen LogP contribution in [0.4, 0.5) is 0 Å². The highest BCUT2D eigenvalue weighted by atomic mass is 16.5. The maximum absolute atomic E-state index is 12.4. The predicted octanol–water partition coefficient (Wildman–Crippen LogP) is 2.42. The van der Waals surface area contributed by atoms with Gasteiger partial charge >= 0.3 is 0 Å². The van der Waals surface area contributed by atoms with E-state index in [1.54, 1.807) is 0 Å². The normalized spacial score (nSPS) is 22.1. The van der Waals surface area contributed by atoms with Crippen LogP contribution in [-0.2, 0) is 11.2 Å². The lowest BCUT2D eigenvalue weighted by atomic mass is 10.1. The average Bonchev–Trinajstić information content (AvgIpc) is 3.31. The Morgan fingerprint density at radius 3 is 2.87 bits per heavy atom. The molecule has 0 aromatic carbocycles. The second kappa shape index (κ2) is 7.90. The fourth-order valence-electron chi connectivity index (χ4n) is 3.87. The first-order valence-corrected chi connectivity index (χ1v) is 9.00. The minimum Gasteiger partial charge on any atom is -0.396 e. The van der Waals surface area contributed by atoms with E-state index in [4.69, 9.17) is 9.63 Å². The maximum atomic E-state index is 12.4. The van der Waals surface area contributed by atoms with Gasteiger partial charge in [0.25, 0.3) is 0 Å². The first kappa shape index (κ1) is 16.4. The molecule has 1 atom stereocenters. The highest BCUT2D eigenvalue weighted by molar-refractivity contribution is 5.77. The van der Waals surface area contributed by atoms with Gasteiger partial charge < -0.3 is 14.5 Å². The molecule has 2 fully saturated rings. The SMILES string of the molecule is O=C(CCc1nc(C2CCCC2)no1)N1CCCC1CCCO. The van der Waals surface area contributed by atoms with Crippen molar-refractivity contribution in [2.75, 3.05) is 13.2 Å². The second-order valence-electron chi connectivity index (χ2n) is 6.78. The molecule has 1 aliphatic heterocycles. The molecule has 0 radical (unpaired) electrons. The number of aliphatic hydroxyl groups is 1. The van der Waals surface area contributed by atoms with Gasteiger partial charge in [0.2, 0.25) is 11.8 Å². The predicted molar refractivity (Wildman–Crippen MR) is 84.9 cm³/mol. The molecule has 1 aromatic rings. The average molecular weight is 321 g/mol. The Bertz CT molecular complexity index is 511. The Morgan fingerprint density at radius 1 is 1.26 bits per heavy atom. The molecule has 1 aliphatic carbocycles. The van der Waals surface area contributed by atoms with E-state index < -0.39 is 0 Å². The van der Waals surface area contributed by atoms with Crippen molar-refractivity contribution in [2.45, 2.75) is 76.2 Å². The number of carbonyl (C=O) groups excluding carboxylic acids is 1. The molecule has 6 nitrogen and oxygen atoms in total. The molecular weight excluding hydrogens is 294 g/mol. The first-order chi connectivity index (χ1) is 11.3. The number of hydrogen-bond acceptors (Lipinski definition) is 5. The summed E-state index contributed by atoms with van der Waals surface area (Å²) in [5.41, 5.74) is 0.